The van der Waals surface area contributed by atoms with E-state index in [1.807, 2.05) is 30.7 Å². The Morgan fingerprint density at radius 3 is 2.67 bits per heavy atom. The Morgan fingerprint density at radius 2 is 1.82 bits per heavy atom. The van der Waals surface area contributed by atoms with Crippen molar-refractivity contribution < 1.29 is 4.42 Å². The van der Waals surface area contributed by atoms with Gasteiger partial charge < -0.3 is 14.7 Å². The average Bonchev–Trinajstić information content (AvgIpc) is 3.57. The molecule has 0 aliphatic rings. The lowest BCUT2D eigenvalue weighted by atomic mass is 10.1. The van der Waals surface area contributed by atoms with Gasteiger partial charge in [-0.3, -0.25) is 10.1 Å². The molecule has 0 spiro atoms. The zero-order chi connectivity index (χ0) is 22.4. The molecule has 0 unspecified atom stereocenters. The van der Waals surface area contributed by atoms with Gasteiger partial charge in [0.25, 0.3) is 0 Å². The second-order valence-electron chi connectivity index (χ2n) is 8.27. The summed E-state index contributed by atoms with van der Waals surface area (Å²) >= 11 is 0. The van der Waals surface area contributed by atoms with E-state index in [1.165, 1.54) is 0 Å². The van der Waals surface area contributed by atoms with Crippen LogP contribution in [-0.2, 0) is 0 Å². The standard InChI is InChI=1S/C25H21N7O/c1-14(2)29-18-7-16(10-26-12-18)17-8-21-23(31-32-25(21)28-11-17)22-9-20-19(15-4-6-33-13-15)3-5-27-24(20)30-22/h3-14,29H,1-2H3,(H,27,30)(H,28,31,32). The van der Waals surface area contributed by atoms with Crippen LogP contribution in [0.1, 0.15) is 13.8 Å². The molecule has 0 fully saturated rings. The van der Waals surface area contributed by atoms with Crippen molar-refractivity contribution >= 4 is 27.8 Å². The minimum atomic E-state index is 0.325. The maximum atomic E-state index is 5.27. The molecule has 8 heteroatoms. The van der Waals surface area contributed by atoms with Gasteiger partial charge in [-0.05, 0) is 49.7 Å². The van der Waals surface area contributed by atoms with E-state index < -0.39 is 0 Å². The van der Waals surface area contributed by atoms with Gasteiger partial charge in [0.05, 0.1) is 23.9 Å². The van der Waals surface area contributed by atoms with Crippen LogP contribution in [0.5, 0.6) is 0 Å². The molecule has 162 valence electrons. The van der Waals surface area contributed by atoms with E-state index >= 15 is 0 Å². The molecule has 3 N–H and O–H groups in total. The number of pyridine rings is 3. The third-order valence-corrected chi connectivity index (χ3v) is 5.56. The third kappa shape index (κ3) is 3.41. The molecule has 33 heavy (non-hydrogen) atoms. The molecule has 0 saturated heterocycles. The zero-order valence-electron chi connectivity index (χ0n) is 18.1. The highest BCUT2D eigenvalue weighted by molar-refractivity contribution is 5.99. The van der Waals surface area contributed by atoms with Gasteiger partial charge in [0, 0.05) is 58.3 Å². The number of nitrogens with one attached hydrogen (secondary N) is 3. The van der Waals surface area contributed by atoms with Gasteiger partial charge in [0.2, 0.25) is 0 Å². The summed E-state index contributed by atoms with van der Waals surface area (Å²) in [6.45, 7) is 4.20. The summed E-state index contributed by atoms with van der Waals surface area (Å²) < 4.78 is 5.27. The fourth-order valence-corrected chi connectivity index (χ4v) is 4.10. The van der Waals surface area contributed by atoms with Crippen molar-refractivity contribution in [3.63, 3.8) is 0 Å². The number of nitrogens with zero attached hydrogens (tertiary/aromatic N) is 4. The molecule has 6 aromatic heterocycles. The van der Waals surface area contributed by atoms with Crippen LogP contribution in [0.3, 0.4) is 0 Å². The molecule has 6 aromatic rings. The second-order valence-corrected chi connectivity index (χ2v) is 8.27. The van der Waals surface area contributed by atoms with E-state index in [9.17, 15) is 0 Å². The molecule has 8 nitrogen and oxygen atoms in total. The number of aromatic nitrogens is 6. The SMILES string of the molecule is CC(C)Nc1cncc(-c2cnc3[nH]nc(-c4cc5c(-c6ccoc6)ccnc5[nH]4)c3c2)c1. The largest absolute Gasteiger partial charge is 0.472 e. The van der Waals surface area contributed by atoms with E-state index in [2.05, 4.69) is 67.5 Å². The number of fused-ring (bicyclic) bond motifs is 2. The van der Waals surface area contributed by atoms with Crippen molar-refractivity contribution in [2.45, 2.75) is 19.9 Å². The number of hydrogen-bond donors (Lipinski definition) is 3. The summed E-state index contributed by atoms with van der Waals surface area (Å²) in [5, 5.41) is 12.9. The first-order valence-electron chi connectivity index (χ1n) is 10.7. The van der Waals surface area contributed by atoms with E-state index in [0.29, 0.717) is 6.04 Å². The van der Waals surface area contributed by atoms with Crippen LogP contribution >= 0.6 is 0 Å². The van der Waals surface area contributed by atoms with Crippen molar-refractivity contribution in [3.05, 3.63) is 67.6 Å². The Bertz CT molecular complexity index is 1580. The van der Waals surface area contributed by atoms with Gasteiger partial charge in [-0.15, -0.1) is 0 Å². The fraction of sp³-hybridized carbons (Fsp3) is 0.120. The molecule has 0 atom stereocenters. The van der Waals surface area contributed by atoms with Crippen molar-refractivity contribution in [3.8, 4) is 33.6 Å². The predicted molar refractivity (Wildman–Crippen MR) is 129 cm³/mol. The number of H-pyrrole nitrogens is 2. The Kier molecular flexibility index (Phi) is 4.43. The average molecular weight is 435 g/mol. The van der Waals surface area contributed by atoms with Gasteiger partial charge >= 0.3 is 0 Å². The Labute approximate surface area is 189 Å². The van der Waals surface area contributed by atoms with E-state index in [-0.39, 0.29) is 0 Å². The maximum Gasteiger partial charge on any atom is 0.155 e. The highest BCUT2D eigenvalue weighted by atomic mass is 16.3. The van der Waals surface area contributed by atoms with Gasteiger partial charge in [0.1, 0.15) is 11.3 Å². The normalized spacial score (nSPS) is 11.6. The van der Waals surface area contributed by atoms with Crippen molar-refractivity contribution in [1.29, 1.82) is 0 Å². The Morgan fingerprint density at radius 1 is 0.909 bits per heavy atom. The van der Waals surface area contributed by atoms with Crippen LogP contribution in [0.25, 0.3) is 55.7 Å². The summed E-state index contributed by atoms with van der Waals surface area (Å²) in [6.07, 6.45) is 10.7. The lowest BCUT2D eigenvalue weighted by molar-refractivity contribution is 0.568. The minimum absolute atomic E-state index is 0.325. The minimum Gasteiger partial charge on any atom is -0.472 e. The smallest absolute Gasteiger partial charge is 0.155 e. The van der Waals surface area contributed by atoms with Crippen LogP contribution in [0.2, 0.25) is 0 Å². The second kappa shape index (κ2) is 7.59. The van der Waals surface area contributed by atoms with Crippen LogP contribution < -0.4 is 5.32 Å². The number of aromatic amines is 2. The fourth-order valence-electron chi connectivity index (χ4n) is 4.10. The molecule has 0 aromatic carbocycles. The Hall–Kier alpha value is -4.46. The predicted octanol–water partition coefficient (Wildman–Crippen LogP) is 5.64. The van der Waals surface area contributed by atoms with Gasteiger partial charge in [-0.1, -0.05) is 0 Å². The first-order valence-corrected chi connectivity index (χ1v) is 10.7. The molecule has 0 aliphatic carbocycles. The van der Waals surface area contributed by atoms with Gasteiger partial charge in [0.15, 0.2) is 5.65 Å². The van der Waals surface area contributed by atoms with Crippen LogP contribution in [0.4, 0.5) is 5.69 Å². The van der Waals surface area contributed by atoms with Crippen molar-refractivity contribution in [2.75, 3.05) is 5.32 Å². The topological polar surface area (TPSA) is 108 Å². The summed E-state index contributed by atoms with van der Waals surface area (Å²) in [4.78, 5) is 16.9. The van der Waals surface area contributed by atoms with Crippen LogP contribution in [0, 0.1) is 0 Å². The molecule has 0 radical (unpaired) electrons. The Balaban J connectivity index is 1.45. The van der Waals surface area contributed by atoms with Crippen molar-refractivity contribution in [2.24, 2.45) is 0 Å². The van der Waals surface area contributed by atoms with E-state index in [1.54, 1.807) is 18.7 Å². The first-order chi connectivity index (χ1) is 16.2. The number of furan rings is 1. The molecule has 0 saturated carbocycles. The van der Waals surface area contributed by atoms with Gasteiger partial charge in [-0.25, -0.2) is 9.97 Å². The lowest BCUT2D eigenvalue weighted by Crippen LogP contribution is -2.09. The van der Waals surface area contributed by atoms with E-state index in [4.69, 9.17) is 4.42 Å². The number of hydrogen-bond acceptors (Lipinski definition) is 6. The zero-order valence-corrected chi connectivity index (χ0v) is 18.1. The number of rotatable bonds is 5. The molecule has 6 rings (SSSR count). The van der Waals surface area contributed by atoms with Crippen LogP contribution in [-0.4, -0.2) is 36.2 Å². The highest BCUT2D eigenvalue weighted by Crippen LogP contribution is 2.34. The van der Waals surface area contributed by atoms with Crippen LogP contribution in [0.15, 0.2) is 72.1 Å². The molecule has 0 bridgehead atoms. The summed E-state index contributed by atoms with van der Waals surface area (Å²) in [6, 6.07) is 10.5. The first kappa shape index (κ1) is 19.2. The van der Waals surface area contributed by atoms with E-state index in [0.717, 1.165) is 61.4 Å². The lowest BCUT2D eigenvalue weighted by Gasteiger charge is -2.10. The molecular formula is C25H21N7O. The molecule has 0 amide bonds. The van der Waals surface area contributed by atoms with Gasteiger partial charge in [-0.2, -0.15) is 5.10 Å². The summed E-state index contributed by atoms with van der Waals surface area (Å²) in [5.74, 6) is 0. The molecular weight excluding hydrogens is 414 g/mol. The summed E-state index contributed by atoms with van der Waals surface area (Å²) in [5.41, 5.74) is 8.17. The quantitative estimate of drug-likeness (QED) is 0.323. The molecule has 6 heterocycles. The molecule has 0 aliphatic heterocycles. The summed E-state index contributed by atoms with van der Waals surface area (Å²) in [7, 11) is 0. The maximum absolute atomic E-state index is 5.27. The van der Waals surface area contributed by atoms with Crippen molar-refractivity contribution in [1.82, 2.24) is 30.1 Å². The third-order valence-electron chi connectivity index (χ3n) is 5.56. The number of anilines is 1. The highest BCUT2D eigenvalue weighted by Gasteiger charge is 2.16. The monoisotopic (exact) mass is 435 g/mol.